The Morgan fingerprint density at radius 2 is 2.25 bits per heavy atom. The van der Waals surface area contributed by atoms with Gasteiger partial charge < -0.3 is 4.74 Å². The summed E-state index contributed by atoms with van der Waals surface area (Å²) in [6.07, 6.45) is 3.97. The number of hydrogen-bond donors (Lipinski definition) is 0. The third-order valence-corrected chi connectivity index (χ3v) is 2.47. The predicted molar refractivity (Wildman–Crippen MR) is 53.7 cm³/mol. The largest absolute Gasteiger partial charge is 0.488 e. The summed E-state index contributed by atoms with van der Waals surface area (Å²) < 4.78 is 6.33. The molecule has 1 aromatic rings. The number of hydrogen-bond acceptors (Lipinski definition) is 1. The molecule has 1 aromatic carbocycles. The van der Waals surface area contributed by atoms with Crippen LogP contribution in [-0.2, 0) is 0 Å². The molecule has 1 heterocycles. The van der Waals surface area contributed by atoms with Gasteiger partial charge in [-0.25, -0.2) is 0 Å². The van der Waals surface area contributed by atoms with Crippen LogP contribution in [0.1, 0.15) is 5.56 Å². The van der Waals surface area contributed by atoms with Gasteiger partial charge in [0, 0.05) is 10.6 Å². The number of rotatable bonds is 0. The first-order valence-corrected chi connectivity index (χ1v) is 4.73. The van der Waals surface area contributed by atoms with Gasteiger partial charge in [0.1, 0.15) is 12.4 Å². The maximum Gasteiger partial charge on any atom is 0.141 e. The molecule has 0 fully saturated rings. The molecule has 0 amide bonds. The Balaban J connectivity index is 2.62. The Labute approximate surface area is 84.1 Å². The van der Waals surface area contributed by atoms with Crippen LogP contribution < -0.4 is 4.74 Å². The van der Waals surface area contributed by atoms with Crippen molar-refractivity contribution in [2.24, 2.45) is 0 Å². The highest BCUT2D eigenvalue weighted by atomic mass is 79.9. The van der Waals surface area contributed by atoms with Crippen molar-refractivity contribution in [3.8, 4) is 5.75 Å². The summed E-state index contributed by atoms with van der Waals surface area (Å²) in [7, 11) is 0. The summed E-state index contributed by atoms with van der Waals surface area (Å²) in [6.45, 7) is 0.632. The van der Waals surface area contributed by atoms with Crippen molar-refractivity contribution in [1.82, 2.24) is 0 Å². The predicted octanol–water partition coefficient (Wildman–Crippen LogP) is 3.51. The molecular formula is C9H6BrClO. The van der Waals surface area contributed by atoms with Gasteiger partial charge in [-0.2, -0.15) is 0 Å². The lowest BCUT2D eigenvalue weighted by molar-refractivity contribution is 0.356. The number of benzene rings is 1. The molecule has 0 aromatic heterocycles. The summed E-state index contributed by atoms with van der Waals surface area (Å²) in [4.78, 5) is 0. The molecule has 0 N–H and O–H groups in total. The average molecular weight is 246 g/mol. The molecular weight excluding hydrogens is 239 g/mol. The van der Waals surface area contributed by atoms with E-state index >= 15 is 0 Å². The fourth-order valence-electron chi connectivity index (χ4n) is 1.16. The zero-order chi connectivity index (χ0) is 8.55. The van der Waals surface area contributed by atoms with E-state index in [-0.39, 0.29) is 0 Å². The van der Waals surface area contributed by atoms with Crippen LogP contribution in [0.2, 0.25) is 5.02 Å². The van der Waals surface area contributed by atoms with E-state index < -0.39 is 0 Å². The van der Waals surface area contributed by atoms with E-state index in [4.69, 9.17) is 16.3 Å². The minimum Gasteiger partial charge on any atom is -0.488 e. The maximum absolute atomic E-state index is 5.86. The fraction of sp³-hybridized carbons (Fsp3) is 0.111. The molecule has 1 aliphatic rings. The topological polar surface area (TPSA) is 9.23 Å². The standard InChI is InChI=1S/C9H6BrClO/c10-8-5-7(11)4-6-2-1-3-12-9(6)8/h1-2,4-5H,3H2. The minimum atomic E-state index is 0.632. The molecule has 0 saturated heterocycles. The second-order valence-electron chi connectivity index (χ2n) is 2.52. The van der Waals surface area contributed by atoms with Crippen molar-refractivity contribution in [2.45, 2.75) is 0 Å². The van der Waals surface area contributed by atoms with Crippen LogP contribution in [0.5, 0.6) is 5.75 Å². The molecule has 1 nitrogen and oxygen atoms in total. The fourth-order valence-corrected chi connectivity index (χ4v) is 2.11. The van der Waals surface area contributed by atoms with Gasteiger partial charge in [-0.1, -0.05) is 17.7 Å². The number of ether oxygens (including phenoxy) is 1. The molecule has 62 valence electrons. The lowest BCUT2D eigenvalue weighted by Gasteiger charge is -2.13. The summed E-state index contributed by atoms with van der Waals surface area (Å²) in [5, 5.41) is 0.718. The minimum absolute atomic E-state index is 0.632. The van der Waals surface area contributed by atoms with Gasteiger partial charge in [0.15, 0.2) is 0 Å². The quantitative estimate of drug-likeness (QED) is 0.680. The van der Waals surface area contributed by atoms with Crippen molar-refractivity contribution in [2.75, 3.05) is 6.61 Å². The summed E-state index contributed by atoms with van der Waals surface area (Å²) in [5.41, 5.74) is 1.03. The third kappa shape index (κ3) is 1.37. The summed E-state index contributed by atoms with van der Waals surface area (Å²) in [5.74, 6) is 0.877. The Bertz CT molecular complexity index is 347. The number of halogens is 2. The van der Waals surface area contributed by atoms with Crippen molar-refractivity contribution in [1.29, 1.82) is 0 Å². The van der Waals surface area contributed by atoms with Crippen LogP contribution in [0.4, 0.5) is 0 Å². The third-order valence-electron chi connectivity index (χ3n) is 1.66. The normalized spacial score (nSPS) is 13.8. The molecule has 3 heteroatoms. The maximum atomic E-state index is 5.86. The molecule has 12 heavy (non-hydrogen) atoms. The van der Waals surface area contributed by atoms with E-state index in [0.29, 0.717) is 6.61 Å². The lowest BCUT2D eigenvalue weighted by Crippen LogP contribution is -2.00. The Morgan fingerprint density at radius 1 is 1.42 bits per heavy atom. The lowest BCUT2D eigenvalue weighted by atomic mass is 10.1. The Kier molecular flexibility index (Phi) is 2.11. The molecule has 0 aliphatic carbocycles. The van der Waals surface area contributed by atoms with Crippen molar-refractivity contribution in [3.63, 3.8) is 0 Å². The molecule has 0 saturated carbocycles. The Hall–Kier alpha value is -0.470. The highest BCUT2D eigenvalue weighted by Gasteiger charge is 2.10. The van der Waals surface area contributed by atoms with Crippen molar-refractivity contribution < 1.29 is 4.74 Å². The summed E-state index contributed by atoms with van der Waals surface area (Å²) in [6, 6.07) is 3.72. The molecule has 1 aliphatic heterocycles. The average Bonchev–Trinajstić information content (AvgIpc) is 2.04. The van der Waals surface area contributed by atoms with Gasteiger partial charge in [0.25, 0.3) is 0 Å². The van der Waals surface area contributed by atoms with E-state index in [9.17, 15) is 0 Å². The Morgan fingerprint density at radius 3 is 3.08 bits per heavy atom. The van der Waals surface area contributed by atoms with Crippen molar-refractivity contribution in [3.05, 3.63) is 33.3 Å². The van der Waals surface area contributed by atoms with Gasteiger partial charge in [-0.15, -0.1) is 0 Å². The van der Waals surface area contributed by atoms with Crippen LogP contribution in [0.25, 0.3) is 6.08 Å². The first kappa shape index (κ1) is 8.14. The van der Waals surface area contributed by atoms with Gasteiger partial charge in [-0.05, 0) is 34.1 Å². The highest BCUT2D eigenvalue weighted by Crippen LogP contribution is 2.35. The van der Waals surface area contributed by atoms with Crippen molar-refractivity contribution >= 4 is 33.6 Å². The van der Waals surface area contributed by atoms with Crippen LogP contribution in [-0.4, -0.2) is 6.61 Å². The molecule has 0 atom stereocenters. The zero-order valence-electron chi connectivity index (χ0n) is 6.18. The van der Waals surface area contributed by atoms with Crippen LogP contribution >= 0.6 is 27.5 Å². The molecule has 0 bridgehead atoms. The second-order valence-corrected chi connectivity index (χ2v) is 3.81. The first-order valence-electron chi connectivity index (χ1n) is 3.56. The van der Waals surface area contributed by atoms with E-state index in [1.807, 2.05) is 24.3 Å². The highest BCUT2D eigenvalue weighted by molar-refractivity contribution is 9.10. The smallest absolute Gasteiger partial charge is 0.141 e. The van der Waals surface area contributed by atoms with Gasteiger partial charge >= 0.3 is 0 Å². The monoisotopic (exact) mass is 244 g/mol. The van der Waals surface area contributed by atoms with Gasteiger partial charge in [0.2, 0.25) is 0 Å². The molecule has 2 rings (SSSR count). The summed E-state index contributed by atoms with van der Waals surface area (Å²) >= 11 is 9.25. The zero-order valence-corrected chi connectivity index (χ0v) is 8.52. The second kappa shape index (κ2) is 3.11. The van der Waals surface area contributed by atoms with Crippen LogP contribution in [0.3, 0.4) is 0 Å². The molecule has 0 spiro atoms. The van der Waals surface area contributed by atoms with Crippen LogP contribution in [0.15, 0.2) is 22.7 Å². The SMILES string of the molecule is Clc1cc(Br)c2c(c1)C=CCO2. The van der Waals surface area contributed by atoms with E-state index in [1.165, 1.54) is 0 Å². The molecule has 0 radical (unpaired) electrons. The van der Waals surface area contributed by atoms with E-state index in [2.05, 4.69) is 15.9 Å². The van der Waals surface area contributed by atoms with Gasteiger partial charge in [0.05, 0.1) is 4.47 Å². The first-order chi connectivity index (χ1) is 5.77. The van der Waals surface area contributed by atoms with E-state index in [1.54, 1.807) is 0 Å². The van der Waals surface area contributed by atoms with Gasteiger partial charge in [-0.3, -0.25) is 0 Å². The van der Waals surface area contributed by atoms with E-state index in [0.717, 1.165) is 20.8 Å². The molecule has 0 unspecified atom stereocenters. The van der Waals surface area contributed by atoms with Crippen LogP contribution in [0, 0.1) is 0 Å². The number of fused-ring (bicyclic) bond motifs is 1.